The number of morpholine rings is 1. The summed E-state index contributed by atoms with van der Waals surface area (Å²) in [6, 6.07) is 4.48. The largest absolute Gasteiger partial charge is 0.375 e. The van der Waals surface area contributed by atoms with Crippen molar-refractivity contribution in [2.24, 2.45) is 0 Å². The van der Waals surface area contributed by atoms with Gasteiger partial charge in [0.05, 0.1) is 17.6 Å². The Kier molecular flexibility index (Phi) is 6.56. The molecule has 0 unspecified atom stereocenters. The Labute approximate surface area is 149 Å². The van der Waals surface area contributed by atoms with Crippen molar-refractivity contribution in [2.45, 2.75) is 44.7 Å². The molecular weight excluding hydrogens is 342 g/mol. The van der Waals surface area contributed by atoms with Crippen molar-refractivity contribution in [2.75, 3.05) is 31.6 Å². The average molecular weight is 369 g/mol. The molecule has 2 rings (SSSR count). The van der Waals surface area contributed by atoms with Crippen molar-refractivity contribution in [1.82, 2.24) is 9.62 Å². The van der Waals surface area contributed by atoms with Crippen LogP contribution in [0.3, 0.4) is 0 Å². The average Bonchev–Trinajstić information content (AvgIpc) is 2.57. The van der Waals surface area contributed by atoms with Crippen LogP contribution in [0.1, 0.15) is 26.3 Å². The van der Waals surface area contributed by atoms with Gasteiger partial charge >= 0.3 is 0 Å². The van der Waals surface area contributed by atoms with Crippen molar-refractivity contribution in [3.63, 3.8) is 0 Å². The number of amides is 1. The normalized spacial score (nSPS) is 21.3. The number of ether oxygens (including phenoxy) is 1. The minimum Gasteiger partial charge on any atom is -0.375 e. The minimum atomic E-state index is -3.58. The Morgan fingerprint density at radius 2 is 2.04 bits per heavy atom. The SMILES string of the molecule is CCN(CC)S(=O)(=O)c1cc(NC(=O)[C@H]2NCCO[C@@H]2C)ccc1C. The number of nitrogens with one attached hydrogen (secondary N) is 2. The molecule has 7 nitrogen and oxygen atoms in total. The molecule has 1 aromatic rings. The zero-order valence-electron chi connectivity index (χ0n) is 15.2. The first-order valence-electron chi connectivity index (χ1n) is 8.57. The first-order chi connectivity index (χ1) is 11.8. The highest BCUT2D eigenvalue weighted by atomic mass is 32.2. The Balaban J connectivity index is 2.25. The predicted octanol–water partition coefficient (Wildman–Crippen LogP) is 1.34. The molecule has 1 fully saturated rings. The lowest BCUT2D eigenvalue weighted by atomic mass is 10.1. The van der Waals surface area contributed by atoms with Gasteiger partial charge in [0, 0.05) is 25.3 Å². The van der Waals surface area contributed by atoms with Gasteiger partial charge < -0.3 is 15.4 Å². The second-order valence-electron chi connectivity index (χ2n) is 6.07. The van der Waals surface area contributed by atoms with Crippen LogP contribution in [0.4, 0.5) is 5.69 Å². The molecule has 2 atom stereocenters. The number of aryl methyl sites for hydroxylation is 1. The summed E-state index contributed by atoms with van der Waals surface area (Å²) in [5.41, 5.74) is 1.11. The van der Waals surface area contributed by atoms with Crippen molar-refractivity contribution >= 4 is 21.6 Å². The summed E-state index contributed by atoms with van der Waals surface area (Å²) in [4.78, 5) is 12.7. The van der Waals surface area contributed by atoms with E-state index in [1.54, 1.807) is 32.9 Å². The lowest BCUT2D eigenvalue weighted by Crippen LogP contribution is -2.53. The van der Waals surface area contributed by atoms with E-state index in [2.05, 4.69) is 10.6 Å². The molecule has 0 bridgehead atoms. The third-order valence-corrected chi connectivity index (χ3v) is 6.57. The maximum atomic E-state index is 12.8. The number of sulfonamides is 1. The first-order valence-corrected chi connectivity index (χ1v) is 10.0. The van der Waals surface area contributed by atoms with E-state index in [1.807, 2.05) is 6.92 Å². The van der Waals surface area contributed by atoms with Gasteiger partial charge in [-0.05, 0) is 31.5 Å². The zero-order valence-corrected chi connectivity index (χ0v) is 16.0. The minimum absolute atomic E-state index is 0.218. The molecule has 0 spiro atoms. The summed E-state index contributed by atoms with van der Waals surface area (Å²) >= 11 is 0. The van der Waals surface area contributed by atoms with Gasteiger partial charge in [-0.3, -0.25) is 4.79 Å². The van der Waals surface area contributed by atoms with Crippen LogP contribution in [-0.4, -0.2) is 57.0 Å². The lowest BCUT2D eigenvalue weighted by Gasteiger charge is -2.29. The molecule has 0 radical (unpaired) electrons. The Morgan fingerprint density at radius 3 is 2.64 bits per heavy atom. The van der Waals surface area contributed by atoms with Crippen LogP contribution < -0.4 is 10.6 Å². The molecule has 1 saturated heterocycles. The number of hydrogen-bond donors (Lipinski definition) is 2. The number of nitrogens with zero attached hydrogens (tertiary/aromatic N) is 1. The van der Waals surface area contributed by atoms with Gasteiger partial charge in [0.2, 0.25) is 15.9 Å². The molecule has 0 aromatic heterocycles. The van der Waals surface area contributed by atoms with Crippen molar-refractivity contribution in [3.05, 3.63) is 23.8 Å². The molecule has 1 aromatic carbocycles. The summed E-state index contributed by atoms with van der Waals surface area (Å²) < 4.78 is 32.5. The van der Waals surface area contributed by atoms with Gasteiger partial charge in [-0.1, -0.05) is 19.9 Å². The van der Waals surface area contributed by atoms with Gasteiger partial charge in [-0.15, -0.1) is 0 Å². The lowest BCUT2D eigenvalue weighted by molar-refractivity contribution is -0.123. The van der Waals surface area contributed by atoms with Crippen LogP contribution in [0.2, 0.25) is 0 Å². The van der Waals surface area contributed by atoms with Crippen molar-refractivity contribution < 1.29 is 17.9 Å². The molecule has 1 heterocycles. The van der Waals surface area contributed by atoms with Crippen LogP contribution in [-0.2, 0) is 19.6 Å². The van der Waals surface area contributed by atoms with E-state index >= 15 is 0 Å². The molecule has 140 valence electrons. The maximum absolute atomic E-state index is 12.8. The first kappa shape index (κ1) is 19.8. The smallest absolute Gasteiger partial charge is 0.244 e. The quantitative estimate of drug-likeness (QED) is 0.790. The van der Waals surface area contributed by atoms with Crippen LogP contribution in [0.15, 0.2) is 23.1 Å². The second kappa shape index (κ2) is 8.27. The molecular formula is C17H27N3O4S. The van der Waals surface area contributed by atoms with E-state index in [1.165, 1.54) is 10.4 Å². The summed E-state index contributed by atoms with van der Waals surface area (Å²) in [6.07, 6.45) is -0.238. The number of benzene rings is 1. The standard InChI is InChI=1S/C17H27N3O4S/c1-5-20(6-2)25(22,23)15-11-14(8-7-12(15)3)19-17(21)16-13(4)24-10-9-18-16/h7-8,11,13,16,18H,5-6,9-10H2,1-4H3,(H,19,21)/t13-,16+/m1/s1. The third-order valence-electron chi connectivity index (χ3n) is 4.38. The zero-order chi connectivity index (χ0) is 18.6. The molecule has 0 saturated carbocycles. The van der Waals surface area contributed by atoms with Crippen molar-refractivity contribution in [3.8, 4) is 0 Å². The van der Waals surface area contributed by atoms with E-state index in [0.717, 1.165) is 0 Å². The van der Waals surface area contributed by atoms with Gasteiger partial charge in [0.25, 0.3) is 0 Å². The highest BCUT2D eigenvalue weighted by Crippen LogP contribution is 2.24. The molecule has 1 aliphatic rings. The van der Waals surface area contributed by atoms with Gasteiger partial charge in [0.1, 0.15) is 6.04 Å². The maximum Gasteiger partial charge on any atom is 0.244 e. The number of carbonyl (C=O) groups excluding carboxylic acids is 1. The fourth-order valence-corrected chi connectivity index (χ4v) is 4.61. The highest BCUT2D eigenvalue weighted by Gasteiger charge is 2.29. The topological polar surface area (TPSA) is 87.7 Å². The molecule has 2 N–H and O–H groups in total. The van der Waals surface area contributed by atoms with E-state index in [9.17, 15) is 13.2 Å². The fourth-order valence-electron chi connectivity index (χ4n) is 2.91. The third kappa shape index (κ3) is 4.38. The summed E-state index contributed by atoms with van der Waals surface area (Å²) in [6.45, 7) is 9.17. The number of carbonyl (C=O) groups is 1. The monoisotopic (exact) mass is 369 g/mol. The van der Waals surface area contributed by atoms with Gasteiger partial charge in [-0.25, -0.2) is 8.42 Å². The van der Waals surface area contributed by atoms with Gasteiger partial charge in [-0.2, -0.15) is 4.31 Å². The molecule has 1 aliphatic heterocycles. The fraction of sp³-hybridized carbons (Fsp3) is 0.588. The Bertz CT molecular complexity index is 717. The molecule has 25 heavy (non-hydrogen) atoms. The van der Waals surface area contributed by atoms with Gasteiger partial charge in [0.15, 0.2) is 0 Å². The summed E-state index contributed by atoms with van der Waals surface area (Å²) in [7, 11) is -3.58. The molecule has 8 heteroatoms. The van der Waals surface area contributed by atoms with E-state index < -0.39 is 16.1 Å². The predicted molar refractivity (Wildman–Crippen MR) is 97.1 cm³/mol. The number of anilines is 1. The summed E-state index contributed by atoms with van der Waals surface area (Å²) in [5, 5.41) is 5.91. The molecule has 1 amide bonds. The number of rotatable bonds is 6. The van der Waals surface area contributed by atoms with E-state index in [-0.39, 0.29) is 16.9 Å². The second-order valence-corrected chi connectivity index (χ2v) is 7.97. The Morgan fingerprint density at radius 1 is 1.36 bits per heavy atom. The van der Waals surface area contributed by atoms with Crippen LogP contribution >= 0.6 is 0 Å². The van der Waals surface area contributed by atoms with Crippen molar-refractivity contribution in [1.29, 1.82) is 0 Å². The van der Waals surface area contributed by atoms with E-state index in [0.29, 0.717) is 37.5 Å². The number of hydrogen-bond acceptors (Lipinski definition) is 5. The van der Waals surface area contributed by atoms with Crippen LogP contribution in [0, 0.1) is 6.92 Å². The van der Waals surface area contributed by atoms with Crippen LogP contribution in [0.25, 0.3) is 0 Å². The van der Waals surface area contributed by atoms with Crippen LogP contribution in [0.5, 0.6) is 0 Å². The Hall–Kier alpha value is -1.48. The summed E-state index contributed by atoms with van der Waals surface area (Å²) in [5.74, 6) is -0.234. The molecule has 0 aliphatic carbocycles. The van der Waals surface area contributed by atoms with E-state index in [4.69, 9.17) is 4.74 Å². The highest BCUT2D eigenvalue weighted by molar-refractivity contribution is 7.89.